The molecule has 0 radical (unpaired) electrons. The summed E-state index contributed by atoms with van der Waals surface area (Å²) in [6.07, 6.45) is -0.0461. The quantitative estimate of drug-likeness (QED) is 0.306. The molecule has 0 aliphatic rings. The molecule has 0 saturated heterocycles. The number of hydrogen-bond acceptors (Lipinski definition) is 4. The van der Waals surface area contributed by atoms with Crippen LogP contribution in [-0.4, -0.2) is 32.4 Å². The van der Waals surface area contributed by atoms with Crippen LogP contribution < -0.4 is 0 Å². The van der Waals surface area contributed by atoms with E-state index in [-0.39, 0.29) is 19.3 Å². The minimum Gasteiger partial charge on any atom is -0.480 e. The molecule has 2 aromatic rings. The van der Waals surface area contributed by atoms with E-state index < -0.39 is 23.6 Å². The van der Waals surface area contributed by atoms with Crippen LogP contribution in [-0.2, 0) is 16.0 Å². The van der Waals surface area contributed by atoms with Gasteiger partial charge >= 0.3 is 11.9 Å². The molecule has 142 valence electrons. The number of carbonyl (C=O) groups is 2. The lowest BCUT2D eigenvalue weighted by Gasteiger charge is -2.24. The molecule has 0 spiro atoms. The number of allylic oxidation sites excluding steroid dienone is 1. The van der Waals surface area contributed by atoms with Gasteiger partial charge in [0.05, 0.1) is 0 Å². The molecule has 0 atom stereocenters. The highest BCUT2D eigenvalue weighted by Crippen LogP contribution is 2.32. The number of rotatable bonds is 9. The Labute approximate surface area is 157 Å². The molecular weight excluding hydrogens is 348 g/mol. The Kier molecular flexibility index (Phi) is 6.50. The summed E-state index contributed by atoms with van der Waals surface area (Å²) in [5.41, 5.74) is 0.398. The van der Waals surface area contributed by atoms with Crippen LogP contribution in [0, 0.1) is 5.41 Å². The van der Waals surface area contributed by atoms with Crippen molar-refractivity contribution < 1.29 is 30.0 Å². The van der Waals surface area contributed by atoms with Gasteiger partial charge in [-0.25, -0.2) is 0 Å². The molecule has 0 saturated carbocycles. The first-order valence-electron chi connectivity index (χ1n) is 8.43. The standard InChI is InChI=1S/C21H22O6/c1-2-3-10-21(19(24)25,20(26)27)13-14-6-4-7-15(11-14)16-8-5-9-17(12-16)18(22)23/h2,4-9,11-12,18,22-23H,1,3,10,13H2,(H,24,25)(H,26,27). The predicted molar refractivity (Wildman–Crippen MR) is 99.9 cm³/mol. The molecule has 0 unspecified atom stereocenters. The third-order valence-electron chi connectivity index (χ3n) is 4.54. The molecule has 2 aromatic carbocycles. The normalized spacial score (nSPS) is 11.4. The van der Waals surface area contributed by atoms with Crippen molar-refractivity contribution in [3.05, 3.63) is 72.3 Å². The smallest absolute Gasteiger partial charge is 0.321 e. The molecule has 0 fully saturated rings. The van der Waals surface area contributed by atoms with Gasteiger partial charge in [-0.2, -0.15) is 0 Å². The van der Waals surface area contributed by atoms with Gasteiger partial charge in [-0.3, -0.25) is 9.59 Å². The van der Waals surface area contributed by atoms with Crippen molar-refractivity contribution in [3.8, 4) is 11.1 Å². The van der Waals surface area contributed by atoms with E-state index in [1.807, 2.05) is 0 Å². The van der Waals surface area contributed by atoms with Gasteiger partial charge in [0.15, 0.2) is 11.7 Å². The summed E-state index contributed by atoms with van der Waals surface area (Å²) in [6.45, 7) is 3.54. The van der Waals surface area contributed by atoms with Crippen LogP contribution in [0.25, 0.3) is 11.1 Å². The van der Waals surface area contributed by atoms with Gasteiger partial charge in [-0.1, -0.05) is 48.5 Å². The predicted octanol–water partition coefficient (Wildman–Crippen LogP) is 3.00. The average Bonchev–Trinajstić information content (AvgIpc) is 2.65. The highest BCUT2D eigenvalue weighted by Gasteiger charge is 2.45. The van der Waals surface area contributed by atoms with Crippen molar-refractivity contribution in [2.75, 3.05) is 0 Å². The maximum absolute atomic E-state index is 11.8. The Morgan fingerprint density at radius 3 is 2.15 bits per heavy atom. The van der Waals surface area contributed by atoms with Crippen molar-refractivity contribution in [2.45, 2.75) is 25.6 Å². The van der Waals surface area contributed by atoms with Crippen LogP contribution in [0.5, 0.6) is 0 Å². The highest BCUT2D eigenvalue weighted by atomic mass is 16.5. The Morgan fingerprint density at radius 2 is 1.59 bits per heavy atom. The van der Waals surface area contributed by atoms with Crippen LogP contribution in [0.1, 0.15) is 30.3 Å². The molecule has 6 heteroatoms. The topological polar surface area (TPSA) is 115 Å². The molecule has 27 heavy (non-hydrogen) atoms. The minimum atomic E-state index is -1.93. The number of carboxylic acid groups (broad SMARTS) is 2. The number of carboxylic acids is 2. The lowest BCUT2D eigenvalue weighted by molar-refractivity contribution is -0.165. The molecule has 0 aliphatic heterocycles. The second-order valence-electron chi connectivity index (χ2n) is 6.40. The maximum Gasteiger partial charge on any atom is 0.321 e. The Hall–Kier alpha value is -2.96. The van der Waals surface area contributed by atoms with E-state index in [0.29, 0.717) is 16.7 Å². The fourth-order valence-electron chi connectivity index (χ4n) is 2.98. The van der Waals surface area contributed by atoms with Crippen LogP contribution >= 0.6 is 0 Å². The first-order valence-corrected chi connectivity index (χ1v) is 8.43. The van der Waals surface area contributed by atoms with E-state index >= 15 is 0 Å². The number of aliphatic hydroxyl groups is 2. The van der Waals surface area contributed by atoms with E-state index in [4.69, 9.17) is 0 Å². The van der Waals surface area contributed by atoms with Crippen molar-refractivity contribution >= 4 is 11.9 Å². The number of benzene rings is 2. The minimum absolute atomic E-state index is 0.0580. The van der Waals surface area contributed by atoms with Gasteiger partial charge in [0.25, 0.3) is 0 Å². The van der Waals surface area contributed by atoms with Gasteiger partial charge in [0, 0.05) is 5.56 Å². The maximum atomic E-state index is 11.8. The Bertz CT molecular complexity index is 826. The van der Waals surface area contributed by atoms with E-state index in [1.54, 1.807) is 48.5 Å². The summed E-state index contributed by atoms with van der Waals surface area (Å²) >= 11 is 0. The zero-order valence-corrected chi connectivity index (χ0v) is 14.7. The fourth-order valence-corrected chi connectivity index (χ4v) is 2.98. The third kappa shape index (κ3) is 4.61. The van der Waals surface area contributed by atoms with E-state index in [1.165, 1.54) is 6.08 Å². The van der Waals surface area contributed by atoms with E-state index in [0.717, 1.165) is 5.56 Å². The van der Waals surface area contributed by atoms with Crippen molar-refractivity contribution in [1.82, 2.24) is 0 Å². The summed E-state index contributed by atoms with van der Waals surface area (Å²) in [6, 6.07) is 13.6. The molecule has 6 nitrogen and oxygen atoms in total. The Balaban J connectivity index is 2.41. The van der Waals surface area contributed by atoms with E-state index in [9.17, 15) is 30.0 Å². The molecule has 2 rings (SSSR count). The van der Waals surface area contributed by atoms with Crippen LogP contribution in [0.3, 0.4) is 0 Å². The van der Waals surface area contributed by atoms with Crippen LogP contribution in [0.15, 0.2) is 61.2 Å². The average molecular weight is 370 g/mol. The first-order chi connectivity index (χ1) is 12.8. The fraction of sp³-hybridized carbons (Fsp3) is 0.238. The van der Waals surface area contributed by atoms with Crippen molar-refractivity contribution in [2.24, 2.45) is 5.41 Å². The zero-order valence-electron chi connectivity index (χ0n) is 14.7. The molecule has 4 N–H and O–H groups in total. The number of aliphatic carboxylic acids is 2. The number of hydrogen-bond donors (Lipinski definition) is 4. The molecule has 0 bridgehead atoms. The lowest BCUT2D eigenvalue weighted by Crippen LogP contribution is -2.41. The zero-order chi connectivity index (χ0) is 20.0. The second kappa shape index (κ2) is 8.62. The monoisotopic (exact) mass is 370 g/mol. The van der Waals surface area contributed by atoms with Crippen molar-refractivity contribution in [3.63, 3.8) is 0 Å². The summed E-state index contributed by atoms with van der Waals surface area (Å²) < 4.78 is 0. The molecule has 0 aliphatic carbocycles. The van der Waals surface area contributed by atoms with Gasteiger partial charge in [-0.15, -0.1) is 6.58 Å². The third-order valence-corrected chi connectivity index (χ3v) is 4.54. The second-order valence-corrected chi connectivity index (χ2v) is 6.40. The summed E-state index contributed by atoms with van der Waals surface area (Å²) in [7, 11) is 0. The highest BCUT2D eigenvalue weighted by molar-refractivity contribution is 5.98. The van der Waals surface area contributed by atoms with Crippen molar-refractivity contribution in [1.29, 1.82) is 0 Å². The summed E-state index contributed by atoms with van der Waals surface area (Å²) in [4.78, 5) is 23.6. The Morgan fingerprint density at radius 1 is 1.00 bits per heavy atom. The van der Waals surface area contributed by atoms with Gasteiger partial charge in [0.2, 0.25) is 0 Å². The lowest BCUT2D eigenvalue weighted by atomic mass is 9.77. The number of aliphatic hydroxyl groups excluding tert-OH is 1. The van der Waals surface area contributed by atoms with Gasteiger partial charge < -0.3 is 20.4 Å². The molecular formula is C21H22O6. The van der Waals surface area contributed by atoms with E-state index in [2.05, 4.69) is 6.58 Å². The van der Waals surface area contributed by atoms with Gasteiger partial charge in [0.1, 0.15) is 0 Å². The largest absolute Gasteiger partial charge is 0.480 e. The first kappa shape index (κ1) is 20.4. The summed E-state index contributed by atoms with van der Waals surface area (Å²) in [5.74, 6) is -2.76. The van der Waals surface area contributed by atoms with Gasteiger partial charge in [-0.05, 0) is 42.0 Å². The molecule has 0 amide bonds. The van der Waals surface area contributed by atoms with Crippen LogP contribution in [0.2, 0.25) is 0 Å². The van der Waals surface area contributed by atoms with Crippen LogP contribution in [0.4, 0.5) is 0 Å². The molecule has 0 aromatic heterocycles. The SMILES string of the molecule is C=CCCC(Cc1cccc(-c2cccc(C(O)O)c2)c1)(C(=O)O)C(=O)O. The molecule has 0 heterocycles. The summed E-state index contributed by atoms with van der Waals surface area (Å²) in [5, 5.41) is 37.8.